The third-order valence-electron chi connectivity index (χ3n) is 4.63. The monoisotopic (exact) mass is 416 g/mol. The SMILES string of the molecule is Cc1ccc(C(=O)N(c2cccc(C(F)(F)F)c2)C(CO)c2ccccc2)c(=O)[nH]1. The Bertz CT molecular complexity index is 1090. The van der Waals surface area contributed by atoms with Crippen LogP contribution in [-0.4, -0.2) is 22.6 Å². The molecule has 1 amide bonds. The van der Waals surface area contributed by atoms with Crippen LogP contribution in [0.3, 0.4) is 0 Å². The highest BCUT2D eigenvalue weighted by Crippen LogP contribution is 2.34. The molecule has 0 fully saturated rings. The third kappa shape index (κ3) is 4.44. The van der Waals surface area contributed by atoms with E-state index in [-0.39, 0.29) is 11.3 Å². The van der Waals surface area contributed by atoms with E-state index in [0.29, 0.717) is 11.3 Å². The zero-order valence-electron chi connectivity index (χ0n) is 16.0. The molecule has 2 N–H and O–H groups in total. The molecule has 1 unspecified atom stereocenters. The largest absolute Gasteiger partial charge is 0.416 e. The van der Waals surface area contributed by atoms with Crippen molar-refractivity contribution in [3.63, 3.8) is 0 Å². The molecule has 1 heterocycles. The summed E-state index contributed by atoms with van der Waals surface area (Å²) < 4.78 is 39.8. The maximum Gasteiger partial charge on any atom is 0.416 e. The number of alkyl halides is 3. The number of amides is 1. The zero-order chi connectivity index (χ0) is 21.9. The Morgan fingerprint density at radius 3 is 2.37 bits per heavy atom. The minimum atomic E-state index is -4.62. The number of aliphatic hydroxyl groups is 1. The number of carbonyl (C=O) groups excluding carboxylic acids is 1. The van der Waals surface area contributed by atoms with Gasteiger partial charge in [0.25, 0.3) is 11.5 Å². The fourth-order valence-corrected chi connectivity index (χ4v) is 3.15. The number of aryl methyl sites for hydroxylation is 1. The van der Waals surface area contributed by atoms with Gasteiger partial charge in [-0.3, -0.25) is 14.5 Å². The van der Waals surface area contributed by atoms with E-state index in [4.69, 9.17) is 0 Å². The van der Waals surface area contributed by atoms with Gasteiger partial charge in [0, 0.05) is 11.4 Å². The molecule has 5 nitrogen and oxygen atoms in total. The minimum absolute atomic E-state index is 0.0855. The number of hydrogen-bond acceptors (Lipinski definition) is 3. The van der Waals surface area contributed by atoms with E-state index < -0.39 is 35.9 Å². The molecule has 1 aromatic heterocycles. The minimum Gasteiger partial charge on any atom is -0.394 e. The van der Waals surface area contributed by atoms with Crippen molar-refractivity contribution in [1.29, 1.82) is 0 Å². The molecule has 1 atom stereocenters. The molecule has 0 aliphatic carbocycles. The average Bonchev–Trinajstić information content (AvgIpc) is 2.71. The first-order valence-corrected chi connectivity index (χ1v) is 9.09. The fourth-order valence-electron chi connectivity index (χ4n) is 3.15. The molecule has 156 valence electrons. The van der Waals surface area contributed by atoms with Crippen LogP contribution in [0.1, 0.15) is 33.2 Å². The molecular formula is C22H19F3N2O3. The van der Waals surface area contributed by atoms with E-state index in [1.54, 1.807) is 37.3 Å². The van der Waals surface area contributed by atoms with Crippen molar-refractivity contribution in [3.05, 3.63) is 99.5 Å². The number of benzene rings is 2. The Balaban J connectivity index is 2.18. The smallest absolute Gasteiger partial charge is 0.394 e. The van der Waals surface area contributed by atoms with E-state index >= 15 is 0 Å². The third-order valence-corrected chi connectivity index (χ3v) is 4.63. The lowest BCUT2D eigenvalue weighted by molar-refractivity contribution is -0.137. The molecule has 3 aromatic rings. The Morgan fingerprint density at radius 2 is 1.77 bits per heavy atom. The molecule has 0 bridgehead atoms. The first-order valence-electron chi connectivity index (χ1n) is 9.09. The van der Waals surface area contributed by atoms with Crippen LogP contribution < -0.4 is 10.5 Å². The van der Waals surface area contributed by atoms with Crippen LogP contribution >= 0.6 is 0 Å². The first-order chi connectivity index (χ1) is 14.2. The molecule has 3 rings (SSSR count). The summed E-state index contributed by atoms with van der Waals surface area (Å²) in [5.41, 5.74) is -0.898. The highest BCUT2D eigenvalue weighted by Gasteiger charge is 2.33. The molecule has 0 spiro atoms. The van der Waals surface area contributed by atoms with Gasteiger partial charge in [-0.05, 0) is 42.8 Å². The number of nitrogens with zero attached hydrogens (tertiary/aromatic N) is 1. The van der Waals surface area contributed by atoms with Gasteiger partial charge in [0.15, 0.2) is 0 Å². The normalized spacial score (nSPS) is 12.4. The number of hydrogen-bond donors (Lipinski definition) is 2. The fraction of sp³-hybridized carbons (Fsp3) is 0.182. The van der Waals surface area contributed by atoms with Crippen LogP contribution in [0.4, 0.5) is 18.9 Å². The number of rotatable bonds is 5. The van der Waals surface area contributed by atoms with Gasteiger partial charge in [0.1, 0.15) is 5.56 Å². The number of H-pyrrole nitrogens is 1. The second-order valence-corrected chi connectivity index (χ2v) is 6.72. The van der Waals surface area contributed by atoms with Crippen molar-refractivity contribution in [2.45, 2.75) is 19.1 Å². The lowest BCUT2D eigenvalue weighted by Crippen LogP contribution is -2.39. The van der Waals surface area contributed by atoms with E-state index in [9.17, 15) is 27.9 Å². The van der Waals surface area contributed by atoms with E-state index in [2.05, 4.69) is 4.98 Å². The summed E-state index contributed by atoms with van der Waals surface area (Å²) in [6.45, 7) is 1.08. The van der Waals surface area contributed by atoms with Crippen LogP contribution in [0.15, 0.2) is 71.5 Å². The summed E-state index contributed by atoms with van der Waals surface area (Å²) in [5, 5.41) is 10.0. The Labute approximate surface area is 170 Å². The highest BCUT2D eigenvalue weighted by atomic mass is 19.4. The quantitative estimate of drug-likeness (QED) is 0.658. The highest BCUT2D eigenvalue weighted by molar-refractivity contribution is 6.06. The van der Waals surface area contributed by atoms with Gasteiger partial charge in [-0.25, -0.2) is 0 Å². The lowest BCUT2D eigenvalue weighted by Gasteiger charge is -2.31. The van der Waals surface area contributed by atoms with Crippen molar-refractivity contribution in [2.24, 2.45) is 0 Å². The predicted molar refractivity (Wildman–Crippen MR) is 106 cm³/mol. The number of aliphatic hydroxyl groups excluding tert-OH is 1. The van der Waals surface area contributed by atoms with Crippen molar-refractivity contribution in [2.75, 3.05) is 11.5 Å². The number of anilines is 1. The molecule has 0 aliphatic rings. The molecule has 0 radical (unpaired) electrons. The van der Waals surface area contributed by atoms with Crippen LogP contribution in [0.25, 0.3) is 0 Å². The van der Waals surface area contributed by atoms with Crippen LogP contribution in [0, 0.1) is 6.92 Å². The Morgan fingerprint density at radius 1 is 1.07 bits per heavy atom. The van der Waals surface area contributed by atoms with Gasteiger partial charge < -0.3 is 10.1 Å². The summed E-state index contributed by atoms with van der Waals surface area (Å²) in [6, 6.07) is 14.5. The molecular weight excluding hydrogens is 397 g/mol. The number of aromatic amines is 1. The number of carbonyl (C=O) groups is 1. The van der Waals surface area contributed by atoms with Gasteiger partial charge in [-0.2, -0.15) is 13.2 Å². The molecule has 30 heavy (non-hydrogen) atoms. The second kappa shape index (κ2) is 8.54. The van der Waals surface area contributed by atoms with Crippen molar-refractivity contribution >= 4 is 11.6 Å². The average molecular weight is 416 g/mol. The van der Waals surface area contributed by atoms with Gasteiger partial charge in [-0.1, -0.05) is 36.4 Å². The molecule has 0 saturated heterocycles. The maximum atomic E-state index is 13.3. The second-order valence-electron chi connectivity index (χ2n) is 6.72. The number of nitrogens with one attached hydrogen (secondary N) is 1. The lowest BCUT2D eigenvalue weighted by atomic mass is 10.0. The van der Waals surface area contributed by atoms with Gasteiger partial charge in [0.05, 0.1) is 18.2 Å². The van der Waals surface area contributed by atoms with Crippen molar-refractivity contribution < 1.29 is 23.1 Å². The van der Waals surface area contributed by atoms with Crippen molar-refractivity contribution in [1.82, 2.24) is 4.98 Å². The van der Waals surface area contributed by atoms with Gasteiger partial charge >= 0.3 is 6.18 Å². The number of pyridine rings is 1. The molecule has 2 aromatic carbocycles. The molecule has 0 saturated carbocycles. The van der Waals surface area contributed by atoms with Gasteiger partial charge in [-0.15, -0.1) is 0 Å². The summed E-state index contributed by atoms with van der Waals surface area (Å²) in [5.74, 6) is -0.821. The Kier molecular flexibility index (Phi) is 6.07. The summed E-state index contributed by atoms with van der Waals surface area (Å²) in [6.07, 6.45) is -4.62. The first kappa shape index (κ1) is 21.3. The molecule has 8 heteroatoms. The van der Waals surface area contributed by atoms with Crippen LogP contribution in [0.2, 0.25) is 0 Å². The summed E-state index contributed by atoms with van der Waals surface area (Å²) >= 11 is 0. The van der Waals surface area contributed by atoms with Gasteiger partial charge in [0.2, 0.25) is 0 Å². The number of halogens is 3. The van der Waals surface area contributed by atoms with Crippen LogP contribution in [0.5, 0.6) is 0 Å². The summed E-state index contributed by atoms with van der Waals surface area (Å²) in [4.78, 5) is 29.2. The van der Waals surface area contributed by atoms with E-state index in [1.165, 1.54) is 24.3 Å². The Hall–Kier alpha value is -3.39. The molecule has 0 aliphatic heterocycles. The summed E-state index contributed by atoms with van der Waals surface area (Å²) in [7, 11) is 0. The standard InChI is InChI=1S/C22H19F3N2O3/c1-14-10-11-18(20(29)26-14)21(30)27(19(13-28)15-6-3-2-4-7-15)17-9-5-8-16(12-17)22(23,24)25/h2-12,19,28H,13H2,1H3,(H,26,29). The number of aromatic nitrogens is 1. The topological polar surface area (TPSA) is 73.4 Å². The maximum absolute atomic E-state index is 13.3. The predicted octanol–water partition coefficient (Wildman–Crippen LogP) is 4.08. The van der Waals surface area contributed by atoms with E-state index in [0.717, 1.165) is 17.0 Å². The van der Waals surface area contributed by atoms with Crippen molar-refractivity contribution in [3.8, 4) is 0 Å². The van der Waals surface area contributed by atoms with Crippen LogP contribution in [-0.2, 0) is 6.18 Å². The van der Waals surface area contributed by atoms with E-state index in [1.807, 2.05) is 0 Å². The zero-order valence-corrected chi connectivity index (χ0v) is 16.0.